The number of hydrogen-bond acceptors (Lipinski definition) is 4. The minimum Gasteiger partial charge on any atom is -0.338 e. The van der Waals surface area contributed by atoms with Gasteiger partial charge in [-0.2, -0.15) is 4.98 Å². The minimum atomic E-state index is 0.617. The first-order valence-electron chi connectivity index (χ1n) is 7.10. The van der Waals surface area contributed by atoms with E-state index in [4.69, 9.17) is 16.1 Å². The van der Waals surface area contributed by atoms with Crippen LogP contribution in [0.5, 0.6) is 0 Å². The Morgan fingerprint density at radius 1 is 1.35 bits per heavy atom. The highest BCUT2D eigenvalue weighted by Crippen LogP contribution is 2.38. The molecule has 1 aromatic carbocycles. The predicted octanol–water partition coefficient (Wildman–Crippen LogP) is 3.37. The van der Waals surface area contributed by atoms with E-state index in [1.807, 2.05) is 24.3 Å². The standard InChI is InChI=1S/C15H16ClN3O/c16-12-3-1-2-11(7-12)15-17-14(20-18-15)9-19-8-10-4-5-13(19)6-10/h1-3,7,10,13H,4-6,8-9H2/t10-,13-/m0/s1. The third-order valence-electron chi connectivity index (χ3n) is 4.41. The maximum Gasteiger partial charge on any atom is 0.241 e. The second kappa shape index (κ2) is 4.86. The first-order valence-corrected chi connectivity index (χ1v) is 7.48. The quantitative estimate of drug-likeness (QED) is 0.869. The van der Waals surface area contributed by atoms with Crippen molar-refractivity contribution in [3.63, 3.8) is 0 Å². The van der Waals surface area contributed by atoms with Crippen LogP contribution in [0.1, 0.15) is 25.2 Å². The molecule has 2 aliphatic rings. The molecule has 104 valence electrons. The molecule has 1 aromatic heterocycles. The molecule has 0 unspecified atom stereocenters. The van der Waals surface area contributed by atoms with Gasteiger partial charge in [0.05, 0.1) is 6.54 Å². The summed E-state index contributed by atoms with van der Waals surface area (Å²) in [4.78, 5) is 6.97. The molecular weight excluding hydrogens is 274 g/mol. The zero-order valence-electron chi connectivity index (χ0n) is 11.1. The molecule has 2 heterocycles. The average molecular weight is 290 g/mol. The van der Waals surface area contributed by atoms with Crippen molar-refractivity contribution in [2.24, 2.45) is 5.92 Å². The molecule has 1 aliphatic carbocycles. The molecule has 5 heteroatoms. The lowest BCUT2D eigenvalue weighted by Gasteiger charge is -2.24. The fraction of sp³-hybridized carbons (Fsp3) is 0.467. The molecule has 2 atom stereocenters. The SMILES string of the molecule is Clc1cccc(-c2noc(CN3C[C@H]4CC[C@H]3C4)n2)c1. The van der Waals surface area contributed by atoms with Crippen molar-refractivity contribution in [3.05, 3.63) is 35.2 Å². The summed E-state index contributed by atoms with van der Waals surface area (Å²) in [5, 5.41) is 4.75. The van der Waals surface area contributed by atoms with E-state index in [1.54, 1.807) is 0 Å². The number of rotatable bonds is 3. The lowest BCUT2D eigenvalue weighted by molar-refractivity contribution is 0.180. The monoisotopic (exact) mass is 289 g/mol. The molecule has 1 saturated heterocycles. The Morgan fingerprint density at radius 2 is 2.30 bits per heavy atom. The van der Waals surface area contributed by atoms with Gasteiger partial charge in [-0.15, -0.1) is 0 Å². The van der Waals surface area contributed by atoms with Crippen molar-refractivity contribution in [1.82, 2.24) is 15.0 Å². The summed E-state index contributed by atoms with van der Waals surface area (Å²) in [6, 6.07) is 8.26. The van der Waals surface area contributed by atoms with Crippen LogP contribution in [0, 0.1) is 5.92 Å². The van der Waals surface area contributed by atoms with E-state index >= 15 is 0 Å². The van der Waals surface area contributed by atoms with Crippen LogP contribution in [0.25, 0.3) is 11.4 Å². The normalized spacial score (nSPS) is 25.4. The largest absolute Gasteiger partial charge is 0.338 e. The van der Waals surface area contributed by atoms with Gasteiger partial charge in [0.25, 0.3) is 0 Å². The lowest BCUT2D eigenvalue weighted by Crippen LogP contribution is -2.31. The van der Waals surface area contributed by atoms with Crippen LogP contribution < -0.4 is 0 Å². The average Bonchev–Trinajstić information content (AvgIpc) is 3.14. The van der Waals surface area contributed by atoms with Crippen LogP contribution in [0.15, 0.2) is 28.8 Å². The lowest BCUT2D eigenvalue weighted by atomic mass is 10.1. The Morgan fingerprint density at radius 3 is 3.05 bits per heavy atom. The maximum atomic E-state index is 5.99. The van der Waals surface area contributed by atoms with Crippen LogP contribution in [0.4, 0.5) is 0 Å². The number of nitrogens with zero attached hydrogens (tertiary/aromatic N) is 3. The molecule has 1 aliphatic heterocycles. The Kier molecular flexibility index (Phi) is 3.00. The minimum absolute atomic E-state index is 0.617. The number of fused-ring (bicyclic) bond motifs is 2. The molecule has 0 N–H and O–H groups in total. The zero-order chi connectivity index (χ0) is 13.5. The number of likely N-dealkylation sites (tertiary alicyclic amines) is 1. The van der Waals surface area contributed by atoms with Crippen molar-refractivity contribution in [3.8, 4) is 11.4 Å². The molecule has 2 bridgehead atoms. The molecule has 0 amide bonds. The molecule has 0 radical (unpaired) electrons. The van der Waals surface area contributed by atoms with Crippen molar-refractivity contribution >= 4 is 11.6 Å². The topological polar surface area (TPSA) is 42.2 Å². The van der Waals surface area contributed by atoms with E-state index in [1.165, 1.54) is 25.8 Å². The highest BCUT2D eigenvalue weighted by atomic mass is 35.5. The summed E-state index contributed by atoms with van der Waals surface area (Å²) < 4.78 is 5.38. The van der Waals surface area contributed by atoms with Gasteiger partial charge in [0.1, 0.15) is 0 Å². The molecule has 4 nitrogen and oxygen atoms in total. The highest BCUT2D eigenvalue weighted by Gasteiger charge is 2.38. The molecular formula is C15H16ClN3O. The third-order valence-corrected chi connectivity index (χ3v) is 4.65. The van der Waals surface area contributed by atoms with Crippen molar-refractivity contribution in [2.75, 3.05) is 6.54 Å². The summed E-state index contributed by atoms with van der Waals surface area (Å²) in [7, 11) is 0. The third kappa shape index (κ3) is 2.23. The van der Waals surface area contributed by atoms with Gasteiger partial charge in [0.2, 0.25) is 11.7 Å². The van der Waals surface area contributed by atoms with E-state index in [9.17, 15) is 0 Å². The first-order chi connectivity index (χ1) is 9.78. The summed E-state index contributed by atoms with van der Waals surface area (Å²) in [6.07, 6.45) is 4.05. The predicted molar refractivity (Wildman–Crippen MR) is 76.3 cm³/mol. The van der Waals surface area contributed by atoms with Crippen molar-refractivity contribution in [1.29, 1.82) is 0 Å². The van der Waals surface area contributed by atoms with Gasteiger partial charge < -0.3 is 4.52 Å². The Hall–Kier alpha value is -1.39. The number of benzene rings is 1. The van der Waals surface area contributed by atoms with E-state index in [0.717, 1.165) is 24.1 Å². The van der Waals surface area contributed by atoms with Gasteiger partial charge in [-0.3, -0.25) is 4.90 Å². The van der Waals surface area contributed by atoms with E-state index in [-0.39, 0.29) is 0 Å². The first kappa shape index (κ1) is 12.4. The van der Waals surface area contributed by atoms with Gasteiger partial charge in [0, 0.05) is 23.2 Å². The summed E-state index contributed by atoms with van der Waals surface area (Å²) in [5.74, 6) is 2.20. The number of halogens is 1. The molecule has 20 heavy (non-hydrogen) atoms. The maximum absolute atomic E-state index is 5.99. The molecule has 2 aromatic rings. The molecule has 2 fully saturated rings. The summed E-state index contributed by atoms with van der Waals surface area (Å²) >= 11 is 5.99. The van der Waals surface area contributed by atoms with Gasteiger partial charge in [-0.25, -0.2) is 0 Å². The molecule has 4 rings (SSSR count). The summed E-state index contributed by atoms with van der Waals surface area (Å²) in [5.41, 5.74) is 0.899. The number of piperidine rings is 1. The smallest absolute Gasteiger partial charge is 0.241 e. The van der Waals surface area contributed by atoms with Gasteiger partial charge in [0.15, 0.2) is 0 Å². The number of hydrogen-bond donors (Lipinski definition) is 0. The van der Waals surface area contributed by atoms with Crippen LogP contribution >= 0.6 is 11.6 Å². The van der Waals surface area contributed by atoms with Gasteiger partial charge in [-0.1, -0.05) is 28.9 Å². The summed E-state index contributed by atoms with van der Waals surface area (Å²) in [6.45, 7) is 1.95. The van der Waals surface area contributed by atoms with Crippen LogP contribution in [0.2, 0.25) is 5.02 Å². The fourth-order valence-electron chi connectivity index (χ4n) is 3.46. The van der Waals surface area contributed by atoms with E-state index in [0.29, 0.717) is 16.7 Å². The van der Waals surface area contributed by atoms with Crippen molar-refractivity contribution < 1.29 is 4.52 Å². The van der Waals surface area contributed by atoms with Crippen LogP contribution in [0.3, 0.4) is 0 Å². The number of aromatic nitrogens is 2. The van der Waals surface area contributed by atoms with Crippen molar-refractivity contribution in [2.45, 2.75) is 31.8 Å². The van der Waals surface area contributed by atoms with E-state index < -0.39 is 0 Å². The molecule has 1 saturated carbocycles. The second-order valence-electron chi connectivity index (χ2n) is 5.78. The Labute approximate surface area is 122 Å². The highest BCUT2D eigenvalue weighted by molar-refractivity contribution is 6.30. The van der Waals surface area contributed by atoms with Crippen LogP contribution in [-0.4, -0.2) is 27.6 Å². The zero-order valence-corrected chi connectivity index (χ0v) is 11.9. The second-order valence-corrected chi connectivity index (χ2v) is 6.22. The van der Waals surface area contributed by atoms with Gasteiger partial charge in [-0.05, 0) is 37.3 Å². The molecule has 0 spiro atoms. The van der Waals surface area contributed by atoms with Crippen LogP contribution in [-0.2, 0) is 6.54 Å². The fourth-order valence-corrected chi connectivity index (χ4v) is 3.65. The van der Waals surface area contributed by atoms with E-state index in [2.05, 4.69) is 15.0 Å². The Bertz CT molecular complexity index is 627. The Balaban J connectivity index is 1.51. The van der Waals surface area contributed by atoms with Gasteiger partial charge >= 0.3 is 0 Å².